The predicted molar refractivity (Wildman–Crippen MR) is 105 cm³/mol. The summed E-state index contributed by atoms with van der Waals surface area (Å²) in [6.45, 7) is 6.79. The Morgan fingerprint density at radius 2 is 2.07 bits per heavy atom. The van der Waals surface area contributed by atoms with Gasteiger partial charge in [-0.15, -0.1) is 0 Å². The highest BCUT2D eigenvalue weighted by Gasteiger charge is 2.33. The number of unbranched alkanes of at least 4 members (excludes halogenated alkanes) is 1. The first-order chi connectivity index (χ1) is 12.9. The molecule has 142 valence electrons. The molecule has 1 aromatic heterocycles. The maximum Gasteiger partial charge on any atom is 0.289 e. The zero-order chi connectivity index (χ0) is 19.4. The van der Waals surface area contributed by atoms with Crippen LogP contribution in [0.4, 0.5) is 0 Å². The van der Waals surface area contributed by atoms with E-state index in [4.69, 9.17) is 4.74 Å². The maximum atomic E-state index is 13.1. The minimum Gasteiger partial charge on any atom is -0.481 e. The quantitative estimate of drug-likeness (QED) is 0.775. The third kappa shape index (κ3) is 4.73. The summed E-state index contributed by atoms with van der Waals surface area (Å²) in [5, 5.41) is 1.04. The molecule has 1 amide bonds. The number of rotatable bonds is 6. The minimum absolute atomic E-state index is 0.0718. The molecule has 1 aromatic carbocycles. The lowest BCUT2D eigenvalue weighted by Gasteiger charge is -2.32. The van der Waals surface area contributed by atoms with Crippen molar-refractivity contribution in [2.75, 3.05) is 6.54 Å². The lowest BCUT2D eigenvalue weighted by molar-refractivity contribution is -0.138. The van der Waals surface area contributed by atoms with Gasteiger partial charge < -0.3 is 9.64 Å². The van der Waals surface area contributed by atoms with Crippen molar-refractivity contribution in [2.24, 2.45) is 0 Å². The van der Waals surface area contributed by atoms with Gasteiger partial charge in [-0.3, -0.25) is 14.6 Å². The normalized spacial score (nSPS) is 16.0. The highest BCUT2D eigenvalue weighted by molar-refractivity contribution is 6.01. The van der Waals surface area contributed by atoms with Crippen molar-refractivity contribution in [1.82, 2.24) is 9.88 Å². The molecule has 0 saturated carbocycles. The number of benzene rings is 1. The Morgan fingerprint density at radius 3 is 2.81 bits per heavy atom. The molecule has 3 rings (SSSR count). The number of aromatic nitrogens is 1. The third-order valence-electron chi connectivity index (χ3n) is 4.58. The molecule has 0 unspecified atom stereocenters. The third-order valence-corrected chi connectivity index (χ3v) is 4.58. The van der Waals surface area contributed by atoms with E-state index in [-0.39, 0.29) is 23.9 Å². The zero-order valence-corrected chi connectivity index (χ0v) is 16.2. The average molecular weight is 366 g/mol. The van der Waals surface area contributed by atoms with Crippen LogP contribution in [0.1, 0.15) is 45.6 Å². The highest BCUT2D eigenvalue weighted by atomic mass is 16.5. The number of carbonyl (C=O) groups excluding carboxylic acids is 2. The Balaban J connectivity index is 1.84. The summed E-state index contributed by atoms with van der Waals surface area (Å²) in [6.07, 6.45) is 5.29. The fraction of sp³-hybridized carbons (Fsp3) is 0.409. The van der Waals surface area contributed by atoms with Crippen molar-refractivity contribution >= 4 is 22.6 Å². The smallest absolute Gasteiger partial charge is 0.289 e. The van der Waals surface area contributed by atoms with E-state index in [0.717, 1.165) is 29.3 Å². The van der Waals surface area contributed by atoms with E-state index in [1.165, 1.54) is 6.08 Å². The average Bonchev–Trinajstić information content (AvgIpc) is 2.62. The summed E-state index contributed by atoms with van der Waals surface area (Å²) in [6, 6.07) is 9.96. The second-order valence-electron chi connectivity index (χ2n) is 7.63. The van der Waals surface area contributed by atoms with Gasteiger partial charge in [0.1, 0.15) is 5.60 Å². The molecule has 27 heavy (non-hydrogen) atoms. The van der Waals surface area contributed by atoms with Crippen LogP contribution in [-0.2, 0) is 20.9 Å². The maximum absolute atomic E-state index is 13.1. The van der Waals surface area contributed by atoms with Crippen LogP contribution in [0.25, 0.3) is 10.9 Å². The van der Waals surface area contributed by atoms with Crippen LogP contribution in [-0.4, -0.2) is 33.7 Å². The number of hydrogen-bond donors (Lipinski definition) is 0. The summed E-state index contributed by atoms with van der Waals surface area (Å²) in [7, 11) is 0. The number of hydrogen-bond acceptors (Lipinski definition) is 4. The number of nitrogens with zero attached hydrogens (tertiary/aromatic N) is 2. The number of para-hydroxylation sites is 1. The van der Waals surface area contributed by atoms with Crippen molar-refractivity contribution in [1.29, 1.82) is 0 Å². The van der Waals surface area contributed by atoms with Crippen molar-refractivity contribution < 1.29 is 14.3 Å². The highest BCUT2D eigenvalue weighted by Crippen LogP contribution is 2.26. The van der Waals surface area contributed by atoms with E-state index < -0.39 is 5.60 Å². The van der Waals surface area contributed by atoms with Crippen molar-refractivity contribution in [3.05, 3.63) is 53.9 Å². The van der Waals surface area contributed by atoms with Crippen molar-refractivity contribution in [3.8, 4) is 0 Å². The molecule has 0 spiro atoms. The Hall–Kier alpha value is -2.69. The molecule has 0 N–H and O–H groups in total. The molecular weight excluding hydrogens is 340 g/mol. The second-order valence-corrected chi connectivity index (χ2v) is 7.63. The van der Waals surface area contributed by atoms with Crippen LogP contribution < -0.4 is 0 Å². The number of ketones is 1. The summed E-state index contributed by atoms with van der Waals surface area (Å²) < 4.78 is 5.81. The Morgan fingerprint density at radius 1 is 1.30 bits per heavy atom. The molecule has 0 atom stereocenters. The van der Waals surface area contributed by atoms with E-state index >= 15 is 0 Å². The molecule has 0 saturated heterocycles. The van der Waals surface area contributed by atoms with Crippen LogP contribution in [0.15, 0.2) is 48.4 Å². The van der Waals surface area contributed by atoms with E-state index in [9.17, 15) is 9.59 Å². The van der Waals surface area contributed by atoms with Crippen LogP contribution in [0.2, 0.25) is 0 Å². The summed E-state index contributed by atoms with van der Waals surface area (Å²) in [5.74, 6) is -0.170. The van der Waals surface area contributed by atoms with Gasteiger partial charge in [0, 0.05) is 37.2 Å². The fourth-order valence-corrected chi connectivity index (χ4v) is 3.27. The number of fused-ring (bicyclic) bond motifs is 1. The molecular formula is C22H26N2O3. The van der Waals surface area contributed by atoms with Gasteiger partial charge in [-0.05, 0) is 38.0 Å². The molecule has 0 fully saturated rings. The van der Waals surface area contributed by atoms with Crippen LogP contribution in [0, 0.1) is 0 Å². The molecule has 0 bridgehead atoms. The second kappa shape index (κ2) is 7.91. The molecule has 0 aliphatic carbocycles. The standard InChI is InChI=1S/C22H26N2O3/c1-4-5-10-24(21(26)20-12-18(25)13-22(2,3)27-20)15-16-11-17-8-6-7-9-19(17)23-14-16/h6-9,11-12,14H,4-5,10,13,15H2,1-3H3. The SMILES string of the molecule is CCCCN(Cc1cnc2ccccc2c1)C(=O)C1=CC(=O)CC(C)(C)O1. The summed E-state index contributed by atoms with van der Waals surface area (Å²) >= 11 is 0. The van der Waals surface area contributed by atoms with Crippen LogP contribution >= 0.6 is 0 Å². The van der Waals surface area contributed by atoms with E-state index in [0.29, 0.717) is 13.1 Å². The van der Waals surface area contributed by atoms with Crippen LogP contribution in [0.5, 0.6) is 0 Å². The first kappa shape index (κ1) is 19.1. The number of allylic oxidation sites excluding steroid dienone is 1. The summed E-state index contributed by atoms with van der Waals surface area (Å²) in [4.78, 5) is 31.3. The van der Waals surface area contributed by atoms with Gasteiger partial charge >= 0.3 is 0 Å². The molecule has 5 nitrogen and oxygen atoms in total. The van der Waals surface area contributed by atoms with E-state index in [1.807, 2.05) is 38.1 Å². The number of carbonyl (C=O) groups is 2. The number of pyridine rings is 1. The van der Waals surface area contributed by atoms with Gasteiger partial charge in [-0.25, -0.2) is 0 Å². The van der Waals surface area contributed by atoms with Gasteiger partial charge in [0.05, 0.1) is 5.52 Å². The minimum atomic E-state index is -0.655. The van der Waals surface area contributed by atoms with Crippen molar-refractivity contribution in [2.45, 2.75) is 52.2 Å². The van der Waals surface area contributed by atoms with Crippen molar-refractivity contribution in [3.63, 3.8) is 0 Å². The Labute approximate surface area is 160 Å². The molecule has 1 aliphatic rings. The molecule has 2 heterocycles. The lowest BCUT2D eigenvalue weighted by atomic mass is 9.98. The van der Waals surface area contributed by atoms with Gasteiger partial charge in [-0.2, -0.15) is 0 Å². The molecule has 0 radical (unpaired) electrons. The predicted octanol–water partition coefficient (Wildman–Crippen LogP) is 4.02. The largest absolute Gasteiger partial charge is 0.481 e. The fourth-order valence-electron chi connectivity index (χ4n) is 3.27. The first-order valence-corrected chi connectivity index (χ1v) is 9.44. The van der Waals surface area contributed by atoms with Gasteiger partial charge in [0.25, 0.3) is 5.91 Å². The topological polar surface area (TPSA) is 59.5 Å². The number of amides is 1. The van der Waals surface area contributed by atoms with Gasteiger partial charge in [-0.1, -0.05) is 31.5 Å². The monoisotopic (exact) mass is 366 g/mol. The Bertz CT molecular complexity index is 886. The van der Waals surface area contributed by atoms with Gasteiger partial charge in [0.15, 0.2) is 11.5 Å². The van der Waals surface area contributed by atoms with E-state index in [2.05, 4.69) is 18.0 Å². The molecule has 1 aliphatic heterocycles. The number of ether oxygens (including phenoxy) is 1. The zero-order valence-electron chi connectivity index (χ0n) is 16.2. The Kier molecular flexibility index (Phi) is 5.59. The van der Waals surface area contributed by atoms with Crippen LogP contribution in [0.3, 0.4) is 0 Å². The van der Waals surface area contributed by atoms with Gasteiger partial charge in [0.2, 0.25) is 0 Å². The summed E-state index contributed by atoms with van der Waals surface area (Å²) in [5.41, 5.74) is 1.23. The molecule has 5 heteroatoms. The van der Waals surface area contributed by atoms with E-state index in [1.54, 1.807) is 11.1 Å². The first-order valence-electron chi connectivity index (χ1n) is 9.44. The molecule has 2 aromatic rings. The lowest BCUT2D eigenvalue weighted by Crippen LogP contribution is -2.39.